The van der Waals surface area contributed by atoms with Crippen molar-refractivity contribution >= 4 is 16.8 Å². The zero-order valence-electron chi connectivity index (χ0n) is 10.4. The maximum atomic E-state index is 12.5. The number of nitrogens with one attached hydrogen (secondary N) is 1. The SMILES string of the molecule is NC(=O)C1Cc2c([nH]c3ccccc23)C(OCF)C1. The molecule has 3 rings (SSSR count). The van der Waals surface area contributed by atoms with Gasteiger partial charge in [-0.2, -0.15) is 0 Å². The molecule has 1 aromatic heterocycles. The number of aromatic amines is 1. The number of ether oxygens (including phenoxy) is 1. The Morgan fingerprint density at radius 1 is 1.47 bits per heavy atom. The fourth-order valence-corrected chi connectivity index (χ4v) is 2.87. The Morgan fingerprint density at radius 3 is 3.00 bits per heavy atom. The molecule has 0 fully saturated rings. The van der Waals surface area contributed by atoms with Crippen LogP contribution in [0.5, 0.6) is 0 Å². The Bertz CT molecular complexity index is 623. The lowest BCUT2D eigenvalue weighted by Gasteiger charge is -2.27. The number of benzene rings is 1. The number of alkyl halides is 1. The van der Waals surface area contributed by atoms with E-state index in [2.05, 4.69) is 4.98 Å². The number of hydrogen-bond donors (Lipinski definition) is 2. The van der Waals surface area contributed by atoms with E-state index in [1.165, 1.54) is 0 Å². The summed E-state index contributed by atoms with van der Waals surface area (Å²) in [7, 11) is 0. The lowest BCUT2D eigenvalue weighted by atomic mass is 9.84. The van der Waals surface area contributed by atoms with Gasteiger partial charge in [-0.15, -0.1) is 0 Å². The van der Waals surface area contributed by atoms with Gasteiger partial charge in [0, 0.05) is 22.5 Å². The van der Waals surface area contributed by atoms with Crippen LogP contribution in [-0.2, 0) is 16.0 Å². The van der Waals surface area contributed by atoms with Crippen molar-refractivity contribution in [3.05, 3.63) is 35.5 Å². The Hall–Kier alpha value is -1.88. The second-order valence-electron chi connectivity index (χ2n) is 4.87. The topological polar surface area (TPSA) is 68.1 Å². The summed E-state index contributed by atoms with van der Waals surface area (Å²) in [5.74, 6) is -0.661. The standard InChI is InChI=1S/C14H15FN2O2/c15-7-19-12-6-8(14(16)18)5-10-9-3-1-2-4-11(9)17-13(10)12/h1-4,8,12,17H,5-7H2,(H2,16,18). The molecular formula is C14H15FN2O2. The molecule has 1 amide bonds. The Labute approximate surface area is 109 Å². The molecule has 0 spiro atoms. The first-order valence-corrected chi connectivity index (χ1v) is 6.27. The normalized spacial score (nSPS) is 22.4. The number of amides is 1. The fraction of sp³-hybridized carbons (Fsp3) is 0.357. The van der Waals surface area contributed by atoms with Crippen LogP contribution >= 0.6 is 0 Å². The number of halogens is 1. The van der Waals surface area contributed by atoms with Crippen molar-refractivity contribution in [2.75, 3.05) is 6.86 Å². The number of rotatable bonds is 3. The molecule has 0 saturated heterocycles. The van der Waals surface area contributed by atoms with Crippen LogP contribution < -0.4 is 5.73 Å². The van der Waals surface area contributed by atoms with Crippen molar-refractivity contribution in [3.8, 4) is 0 Å². The third-order valence-electron chi connectivity index (χ3n) is 3.78. The molecule has 0 aliphatic heterocycles. The van der Waals surface area contributed by atoms with Gasteiger partial charge >= 0.3 is 0 Å². The van der Waals surface area contributed by atoms with Crippen molar-refractivity contribution in [1.29, 1.82) is 0 Å². The van der Waals surface area contributed by atoms with E-state index < -0.39 is 13.0 Å². The smallest absolute Gasteiger partial charge is 0.220 e. The number of hydrogen-bond acceptors (Lipinski definition) is 2. The van der Waals surface area contributed by atoms with Gasteiger partial charge in [0.2, 0.25) is 5.91 Å². The number of para-hydroxylation sites is 1. The first-order valence-electron chi connectivity index (χ1n) is 6.27. The number of carbonyl (C=O) groups excluding carboxylic acids is 1. The number of H-pyrrole nitrogens is 1. The van der Waals surface area contributed by atoms with Gasteiger partial charge in [-0.3, -0.25) is 4.79 Å². The summed E-state index contributed by atoms with van der Waals surface area (Å²) in [6, 6.07) is 7.82. The monoisotopic (exact) mass is 262 g/mol. The molecule has 1 aliphatic carbocycles. The minimum absolute atomic E-state index is 0.303. The van der Waals surface area contributed by atoms with E-state index in [0.717, 1.165) is 22.2 Å². The van der Waals surface area contributed by atoms with E-state index in [4.69, 9.17) is 10.5 Å². The minimum Gasteiger partial charge on any atom is -0.369 e. The molecule has 4 nitrogen and oxygen atoms in total. The summed E-state index contributed by atoms with van der Waals surface area (Å²) in [5.41, 5.74) is 8.26. The third kappa shape index (κ3) is 2.00. The van der Waals surface area contributed by atoms with Crippen LogP contribution in [0, 0.1) is 5.92 Å². The molecule has 1 aliphatic rings. The van der Waals surface area contributed by atoms with Crippen molar-refractivity contribution in [2.45, 2.75) is 18.9 Å². The highest BCUT2D eigenvalue weighted by molar-refractivity contribution is 5.86. The molecule has 0 bridgehead atoms. The maximum absolute atomic E-state index is 12.5. The highest BCUT2D eigenvalue weighted by atomic mass is 19.1. The van der Waals surface area contributed by atoms with Crippen LogP contribution in [-0.4, -0.2) is 17.8 Å². The van der Waals surface area contributed by atoms with Crippen molar-refractivity contribution in [2.24, 2.45) is 11.7 Å². The highest BCUT2D eigenvalue weighted by Crippen LogP contribution is 2.39. The van der Waals surface area contributed by atoms with Crippen LogP contribution in [0.1, 0.15) is 23.8 Å². The van der Waals surface area contributed by atoms with Gasteiger partial charge in [0.05, 0.1) is 0 Å². The van der Waals surface area contributed by atoms with E-state index in [-0.39, 0.29) is 11.8 Å². The van der Waals surface area contributed by atoms with Gasteiger partial charge in [-0.05, 0) is 24.5 Å². The van der Waals surface area contributed by atoms with Gasteiger partial charge in [0.25, 0.3) is 0 Å². The van der Waals surface area contributed by atoms with Gasteiger partial charge < -0.3 is 15.5 Å². The second-order valence-corrected chi connectivity index (χ2v) is 4.87. The van der Waals surface area contributed by atoms with E-state index >= 15 is 0 Å². The van der Waals surface area contributed by atoms with Crippen molar-refractivity contribution < 1.29 is 13.9 Å². The lowest BCUT2D eigenvalue weighted by Crippen LogP contribution is -2.31. The summed E-state index contributed by atoms with van der Waals surface area (Å²) in [6.07, 6.45) is 0.582. The van der Waals surface area contributed by atoms with Crippen LogP contribution in [0.15, 0.2) is 24.3 Å². The molecule has 2 aromatic rings. The van der Waals surface area contributed by atoms with Gasteiger partial charge in [-0.25, -0.2) is 4.39 Å². The number of primary amides is 1. The number of nitrogens with two attached hydrogens (primary N) is 1. The van der Waals surface area contributed by atoms with Gasteiger partial charge in [0.1, 0.15) is 6.10 Å². The molecule has 19 heavy (non-hydrogen) atoms. The molecule has 2 atom stereocenters. The Kier molecular flexibility index (Phi) is 2.98. The largest absolute Gasteiger partial charge is 0.369 e. The van der Waals surface area contributed by atoms with E-state index in [0.29, 0.717) is 12.8 Å². The summed E-state index contributed by atoms with van der Waals surface area (Å²) in [6.45, 7) is -0.870. The van der Waals surface area contributed by atoms with Gasteiger partial charge in [0.15, 0.2) is 6.86 Å². The quantitative estimate of drug-likeness (QED) is 0.890. The van der Waals surface area contributed by atoms with Crippen molar-refractivity contribution in [3.63, 3.8) is 0 Å². The summed E-state index contributed by atoms with van der Waals surface area (Å²) in [4.78, 5) is 14.7. The molecule has 100 valence electrons. The summed E-state index contributed by atoms with van der Waals surface area (Å²) < 4.78 is 17.6. The molecule has 0 radical (unpaired) electrons. The molecule has 1 aromatic carbocycles. The molecule has 0 saturated carbocycles. The third-order valence-corrected chi connectivity index (χ3v) is 3.78. The highest BCUT2D eigenvalue weighted by Gasteiger charge is 2.33. The fourth-order valence-electron chi connectivity index (χ4n) is 2.87. The average molecular weight is 262 g/mol. The van der Waals surface area contributed by atoms with Crippen molar-refractivity contribution in [1.82, 2.24) is 4.98 Å². The summed E-state index contributed by atoms with van der Waals surface area (Å²) >= 11 is 0. The van der Waals surface area contributed by atoms with Crippen LogP contribution in [0.25, 0.3) is 10.9 Å². The van der Waals surface area contributed by atoms with Crippen LogP contribution in [0.3, 0.4) is 0 Å². The Morgan fingerprint density at radius 2 is 2.26 bits per heavy atom. The van der Waals surface area contributed by atoms with Crippen LogP contribution in [0.4, 0.5) is 4.39 Å². The summed E-state index contributed by atoms with van der Waals surface area (Å²) in [5, 5.41) is 1.05. The van der Waals surface area contributed by atoms with E-state index in [1.54, 1.807) is 0 Å². The van der Waals surface area contributed by atoms with E-state index in [1.807, 2.05) is 24.3 Å². The maximum Gasteiger partial charge on any atom is 0.220 e. The Balaban J connectivity index is 2.11. The number of aromatic nitrogens is 1. The second kappa shape index (κ2) is 4.66. The molecule has 3 N–H and O–H groups in total. The van der Waals surface area contributed by atoms with Gasteiger partial charge in [-0.1, -0.05) is 18.2 Å². The predicted molar refractivity (Wildman–Crippen MR) is 69.1 cm³/mol. The first-order chi connectivity index (χ1) is 9.20. The zero-order valence-corrected chi connectivity index (χ0v) is 10.4. The predicted octanol–water partition coefficient (Wildman–Crippen LogP) is 2.20. The van der Waals surface area contributed by atoms with E-state index in [9.17, 15) is 9.18 Å². The molecule has 1 heterocycles. The molecular weight excluding hydrogens is 247 g/mol. The minimum atomic E-state index is -0.870. The first kappa shape index (κ1) is 12.2. The molecule has 2 unspecified atom stereocenters. The molecule has 5 heteroatoms. The lowest BCUT2D eigenvalue weighted by molar-refractivity contribution is -0.124. The van der Waals surface area contributed by atoms with Crippen LogP contribution in [0.2, 0.25) is 0 Å². The average Bonchev–Trinajstić information content (AvgIpc) is 2.78. The number of carbonyl (C=O) groups is 1. The number of fused-ring (bicyclic) bond motifs is 3. The zero-order chi connectivity index (χ0) is 13.4.